The molecule has 340 valence electrons. The molecule has 0 saturated heterocycles. The van der Waals surface area contributed by atoms with E-state index in [-0.39, 0.29) is 0 Å². The van der Waals surface area contributed by atoms with E-state index in [1.54, 1.807) is 0 Å². The van der Waals surface area contributed by atoms with Gasteiger partial charge in [0.2, 0.25) is 0 Å². The molecule has 0 aliphatic heterocycles. The third-order valence-electron chi connectivity index (χ3n) is 14.5. The van der Waals surface area contributed by atoms with E-state index in [0.29, 0.717) is 0 Å². The molecular formula is C70H44N2O. The minimum absolute atomic E-state index is 0.897. The van der Waals surface area contributed by atoms with Gasteiger partial charge in [0, 0.05) is 44.3 Å². The van der Waals surface area contributed by atoms with Gasteiger partial charge in [-0.3, -0.25) is 0 Å². The number of para-hydroxylation sites is 4. The third kappa shape index (κ3) is 7.24. The molecule has 0 bridgehead atoms. The van der Waals surface area contributed by atoms with Crippen molar-refractivity contribution < 1.29 is 4.42 Å². The molecule has 0 spiro atoms. The van der Waals surface area contributed by atoms with Crippen molar-refractivity contribution in [1.82, 2.24) is 4.57 Å². The van der Waals surface area contributed by atoms with Gasteiger partial charge in [-0.1, -0.05) is 206 Å². The topological polar surface area (TPSA) is 21.3 Å². The number of nitrogens with zero attached hydrogens (tertiary/aromatic N) is 2. The second-order valence-electron chi connectivity index (χ2n) is 18.6. The van der Waals surface area contributed by atoms with Crippen LogP contribution in [-0.4, -0.2) is 4.57 Å². The number of anilines is 3. The smallest absolute Gasteiger partial charge is 0.143 e. The van der Waals surface area contributed by atoms with E-state index in [2.05, 4.69) is 270 Å². The second-order valence-corrected chi connectivity index (χ2v) is 18.6. The van der Waals surface area contributed by atoms with Crippen molar-refractivity contribution in [1.29, 1.82) is 0 Å². The van der Waals surface area contributed by atoms with Crippen molar-refractivity contribution in [2.24, 2.45) is 0 Å². The van der Waals surface area contributed by atoms with Crippen molar-refractivity contribution in [2.45, 2.75) is 0 Å². The van der Waals surface area contributed by atoms with Gasteiger partial charge in [-0.05, 0) is 128 Å². The molecule has 0 atom stereocenters. The zero-order valence-corrected chi connectivity index (χ0v) is 39.7. The molecule has 3 nitrogen and oxygen atoms in total. The Morgan fingerprint density at radius 2 is 0.863 bits per heavy atom. The first-order valence-corrected chi connectivity index (χ1v) is 24.8. The van der Waals surface area contributed by atoms with E-state index in [1.807, 2.05) is 18.2 Å². The van der Waals surface area contributed by atoms with E-state index in [0.717, 1.165) is 111 Å². The Balaban J connectivity index is 0.855. The van der Waals surface area contributed by atoms with Crippen LogP contribution in [0.15, 0.2) is 271 Å². The summed E-state index contributed by atoms with van der Waals surface area (Å²) in [5.74, 6) is 0. The summed E-state index contributed by atoms with van der Waals surface area (Å²) in [6.07, 6.45) is 0. The molecule has 73 heavy (non-hydrogen) atoms. The SMILES string of the molecule is c1ccc2c(c#1)c1ccccc1n2-c1ccccc1-c1ccccc1-c1ccc(N(c2ccc(-c3ccc4ccccc4c3)cc2)c2ccc(-c3ccccc3-c3cccc4c3oc3ccccc34)cc2)cc1. The monoisotopic (exact) mass is 928 g/mol. The molecule has 0 unspecified atom stereocenters. The van der Waals surface area contributed by atoms with E-state index in [4.69, 9.17) is 4.42 Å². The van der Waals surface area contributed by atoms with Crippen LogP contribution in [0.25, 0.3) is 116 Å². The standard InChI is InChI=1S/C70H44N2O/c1-2-17-51-46-52(33-32-47(51)16-1)48-34-40-53(41-35-48)71(55-44-38-50(39-45-55)57-19-4-6-21-59(57)64-26-15-27-65-63-25-10-14-31-69(63)73-70(64)65)54-42-36-49(37-43-54)56-18-3-5-20-58(56)60-22-7-11-28-66(60)72-67-29-12-8-23-61(67)62-24-9-13-30-68(62)72/h1-8,10-23,25-46H. The van der Waals surface area contributed by atoms with E-state index < -0.39 is 0 Å². The molecule has 12 aromatic carbocycles. The molecule has 14 rings (SSSR count). The van der Waals surface area contributed by atoms with Crippen molar-refractivity contribution in [2.75, 3.05) is 4.90 Å². The van der Waals surface area contributed by atoms with E-state index >= 15 is 0 Å². The van der Waals surface area contributed by atoms with Gasteiger partial charge in [0.15, 0.2) is 0 Å². The summed E-state index contributed by atoms with van der Waals surface area (Å²) in [7, 11) is 0. The van der Waals surface area contributed by atoms with Crippen molar-refractivity contribution in [3.05, 3.63) is 279 Å². The maximum Gasteiger partial charge on any atom is 0.143 e. The van der Waals surface area contributed by atoms with Crippen LogP contribution in [-0.2, 0) is 0 Å². The molecule has 3 heteroatoms. The largest absolute Gasteiger partial charge is 0.455 e. The Kier molecular flexibility index (Phi) is 10.1. The number of furan rings is 1. The number of hydrogen-bond donors (Lipinski definition) is 0. The minimum Gasteiger partial charge on any atom is -0.455 e. The molecule has 0 radical (unpaired) electrons. The lowest BCUT2D eigenvalue weighted by atomic mass is 9.93. The van der Waals surface area contributed by atoms with Crippen LogP contribution in [0.4, 0.5) is 17.1 Å². The lowest BCUT2D eigenvalue weighted by molar-refractivity contribution is 0.670. The molecule has 0 saturated carbocycles. The fourth-order valence-corrected chi connectivity index (χ4v) is 11.0. The van der Waals surface area contributed by atoms with Crippen LogP contribution in [0.1, 0.15) is 0 Å². The number of aromatic nitrogens is 1. The van der Waals surface area contributed by atoms with Crippen LogP contribution in [0.3, 0.4) is 0 Å². The van der Waals surface area contributed by atoms with Crippen molar-refractivity contribution >= 4 is 71.6 Å². The summed E-state index contributed by atoms with van der Waals surface area (Å²) in [6.45, 7) is 0. The van der Waals surface area contributed by atoms with Gasteiger partial charge >= 0.3 is 0 Å². The highest BCUT2D eigenvalue weighted by Gasteiger charge is 2.20. The normalized spacial score (nSPS) is 11.5. The zero-order valence-electron chi connectivity index (χ0n) is 39.7. The molecule has 2 aromatic heterocycles. The van der Waals surface area contributed by atoms with E-state index in [9.17, 15) is 0 Å². The van der Waals surface area contributed by atoms with Crippen molar-refractivity contribution in [3.8, 4) is 61.3 Å². The Morgan fingerprint density at radius 1 is 0.342 bits per heavy atom. The predicted molar refractivity (Wildman–Crippen MR) is 305 cm³/mol. The molecule has 14 aromatic rings. The summed E-state index contributed by atoms with van der Waals surface area (Å²) in [5.41, 5.74) is 19.8. The number of benzene rings is 11. The Morgan fingerprint density at radius 3 is 1.58 bits per heavy atom. The molecule has 0 aliphatic rings. The number of rotatable bonds is 9. The summed E-state index contributed by atoms with van der Waals surface area (Å²) in [5, 5.41) is 6.96. The van der Waals surface area contributed by atoms with Crippen LogP contribution >= 0.6 is 0 Å². The van der Waals surface area contributed by atoms with Crippen LogP contribution < -0.4 is 4.90 Å². The second kappa shape index (κ2) is 17.5. The summed E-state index contributed by atoms with van der Waals surface area (Å²) >= 11 is 0. The molecule has 0 fully saturated rings. The third-order valence-corrected chi connectivity index (χ3v) is 14.5. The first-order chi connectivity index (χ1) is 36.2. The highest BCUT2D eigenvalue weighted by molar-refractivity contribution is 6.11. The molecule has 0 aliphatic carbocycles. The fourth-order valence-electron chi connectivity index (χ4n) is 11.0. The molecule has 2 heterocycles. The molecular weight excluding hydrogens is 885 g/mol. The van der Waals surface area contributed by atoms with Gasteiger partial charge in [0.1, 0.15) is 11.2 Å². The maximum atomic E-state index is 6.54. The summed E-state index contributed by atoms with van der Waals surface area (Å²) in [6, 6.07) is 102. The van der Waals surface area contributed by atoms with Gasteiger partial charge in [-0.25, -0.2) is 0 Å². The van der Waals surface area contributed by atoms with E-state index in [1.165, 1.54) is 21.9 Å². The van der Waals surface area contributed by atoms with Crippen LogP contribution in [0.2, 0.25) is 0 Å². The Hall–Kier alpha value is -9.88. The lowest BCUT2D eigenvalue weighted by Crippen LogP contribution is -2.09. The van der Waals surface area contributed by atoms with Crippen molar-refractivity contribution in [3.63, 3.8) is 0 Å². The highest BCUT2D eigenvalue weighted by atomic mass is 16.3. The molecule has 0 amide bonds. The van der Waals surface area contributed by atoms with Crippen LogP contribution in [0.5, 0.6) is 0 Å². The van der Waals surface area contributed by atoms with Crippen LogP contribution in [0, 0.1) is 12.1 Å². The highest BCUT2D eigenvalue weighted by Crippen LogP contribution is 2.44. The minimum atomic E-state index is 0.897. The first kappa shape index (κ1) is 42.0. The summed E-state index contributed by atoms with van der Waals surface area (Å²) in [4.78, 5) is 2.36. The number of hydrogen-bond acceptors (Lipinski definition) is 2. The quantitative estimate of drug-likeness (QED) is 0.144. The molecule has 0 N–H and O–H groups in total. The van der Waals surface area contributed by atoms with Gasteiger partial charge in [0.25, 0.3) is 0 Å². The van der Waals surface area contributed by atoms with Gasteiger partial charge in [-0.2, -0.15) is 0 Å². The average Bonchev–Trinajstić information content (AvgIpc) is 4.02. The summed E-state index contributed by atoms with van der Waals surface area (Å²) < 4.78 is 8.91. The predicted octanol–water partition coefficient (Wildman–Crippen LogP) is 19.2. The lowest BCUT2D eigenvalue weighted by Gasteiger charge is -2.26. The number of fused-ring (bicyclic) bond motifs is 7. The Labute approximate surface area is 423 Å². The van der Waals surface area contributed by atoms with Gasteiger partial charge in [-0.15, -0.1) is 0 Å². The average molecular weight is 929 g/mol. The van der Waals surface area contributed by atoms with Gasteiger partial charge < -0.3 is 13.9 Å². The maximum absolute atomic E-state index is 6.54. The Bertz CT molecular complexity index is 4310. The van der Waals surface area contributed by atoms with Gasteiger partial charge in [0.05, 0.1) is 22.1 Å². The first-order valence-electron chi connectivity index (χ1n) is 24.8. The zero-order chi connectivity index (χ0) is 48.2. The fraction of sp³-hybridized carbons (Fsp3) is 0.